The number of alkyl halides is 2. The van der Waals surface area contributed by atoms with E-state index in [0.717, 1.165) is 24.2 Å². The number of amides is 1. The van der Waals surface area contributed by atoms with Crippen LogP contribution in [0.15, 0.2) is 0 Å². The summed E-state index contributed by atoms with van der Waals surface area (Å²) < 4.78 is -0.175. The van der Waals surface area contributed by atoms with E-state index >= 15 is 0 Å². The van der Waals surface area contributed by atoms with E-state index in [-0.39, 0.29) is 14.6 Å². The molecule has 3 fully saturated rings. The molecule has 0 aromatic rings. The number of nitrogens with one attached hydrogen (secondary N) is 1. The Morgan fingerprint density at radius 1 is 1.33 bits per heavy atom. The van der Waals surface area contributed by atoms with Gasteiger partial charge < -0.3 is 5.32 Å². The van der Waals surface area contributed by atoms with Gasteiger partial charge in [0.05, 0.1) is 8.65 Å². The minimum Gasteiger partial charge on any atom is -0.353 e. The van der Waals surface area contributed by atoms with Gasteiger partial charge in [0.2, 0.25) is 5.91 Å². The van der Waals surface area contributed by atoms with Crippen LogP contribution in [-0.4, -0.2) is 15.2 Å². The van der Waals surface area contributed by atoms with Crippen molar-refractivity contribution < 1.29 is 4.79 Å². The molecule has 0 aromatic carbocycles. The molecule has 3 aliphatic carbocycles. The summed E-state index contributed by atoms with van der Waals surface area (Å²) in [5.74, 6) is 2.74. The van der Waals surface area contributed by atoms with Crippen LogP contribution in [0.2, 0.25) is 0 Å². The maximum Gasteiger partial charge on any atom is 0.228 e. The highest BCUT2D eigenvalue weighted by Crippen LogP contribution is 2.66. The molecule has 0 saturated heterocycles. The first kappa shape index (κ1) is 13.4. The van der Waals surface area contributed by atoms with Gasteiger partial charge in [0.1, 0.15) is 0 Å². The van der Waals surface area contributed by atoms with E-state index in [0.29, 0.717) is 6.04 Å². The predicted octanol–water partition coefficient (Wildman–Crippen LogP) is 3.82. The van der Waals surface area contributed by atoms with Crippen molar-refractivity contribution in [3.05, 3.63) is 0 Å². The molecule has 3 aliphatic rings. The summed E-state index contributed by atoms with van der Waals surface area (Å²) in [5.41, 5.74) is -0.279. The zero-order valence-electron chi connectivity index (χ0n) is 11.0. The molecule has 2 nitrogen and oxygen atoms in total. The molecule has 18 heavy (non-hydrogen) atoms. The Labute approximate surface area is 126 Å². The van der Waals surface area contributed by atoms with E-state index in [2.05, 4.69) is 44.1 Å². The minimum atomic E-state index is -0.279. The summed E-state index contributed by atoms with van der Waals surface area (Å²) in [7, 11) is 0. The van der Waals surface area contributed by atoms with Crippen molar-refractivity contribution in [3.63, 3.8) is 0 Å². The van der Waals surface area contributed by atoms with E-state index in [9.17, 15) is 4.79 Å². The highest BCUT2D eigenvalue weighted by atomic mass is 79.9. The van der Waals surface area contributed by atoms with Gasteiger partial charge in [-0.1, -0.05) is 38.3 Å². The average molecular weight is 379 g/mol. The third kappa shape index (κ3) is 1.98. The smallest absolute Gasteiger partial charge is 0.228 e. The van der Waals surface area contributed by atoms with Gasteiger partial charge in [-0.25, -0.2) is 0 Å². The first-order valence-corrected chi connectivity index (χ1v) is 8.61. The molecular formula is C14H21Br2NO. The lowest BCUT2D eigenvalue weighted by molar-refractivity contribution is -0.126. The Balaban J connectivity index is 1.59. The quantitative estimate of drug-likeness (QED) is 0.743. The molecule has 0 unspecified atom stereocenters. The molecule has 102 valence electrons. The van der Waals surface area contributed by atoms with Crippen molar-refractivity contribution in [2.24, 2.45) is 23.2 Å². The summed E-state index contributed by atoms with van der Waals surface area (Å²) in [6.45, 7) is 4.22. The Morgan fingerprint density at radius 2 is 2.00 bits per heavy atom. The van der Waals surface area contributed by atoms with Crippen LogP contribution in [-0.2, 0) is 4.79 Å². The number of rotatable bonds is 3. The normalized spacial score (nSPS) is 45.9. The van der Waals surface area contributed by atoms with Gasteiger partial charge in [0.25, 0.3) is 0 Å². The van der Waals surface area contributed by atoms with E-state index in [1.807, 2.05) is 6.92 Å². The molecule has 4 heteroatoms. The van der Waals surface area contributed by atoms with Gasteiger partial charge in [-0.15, -0.1) is 0 Å². The van der Waals surface area contributed by atoms with Crippen molar-refractivity contribution in [2.75, 3.05) is 0 Å². The first-order valence-electron chi connectivity index (χ1n) is 7.02. The zero-order valence-corrected chi connectivity index (χ0v) is 14.2. The lowest BCUT2D eigenvalue weighted by atomic mass is 9.84. The van der Waals surface area contributed by atoms with Crippen LogP contribution in [0, 0.1) is 23.2 Å². The number of carbonyl (C=O) groups excluding carboxylic acids is 1. The lowest BCUT2D eigenvalue weighted by Gasteiger charge is -2.29. The lowest BCUT2D eigenvalue weighted by Crippen LogP contribution is -2.44. The Kier molecular flexibility index (Phi) is 3.14. The fourth-order valence-corrected chi connectivity index (χ4v) is 5.51. The van der Waals surface area contributed by atoms with Crippen molar-refractivity contribution in [2.45, 2.75) is 55.2 Å². The van der Waals surface area contributed by atoms with Gasteiger partial charge in [0, 0.05) is 6.04 Å². The standard InChI is InChI=1S/C14H21Br2NO/c1-8(11-6-9-3-4-10(11)5-9)17-12(18)13(2)7-14(13,15)16/h8-11H,3-7H2,1-2H3,(H,17,18)/t8-,9-,10-,11+,13+/m1/s1. The van der Waals surface area contributed by atoms with E-state index in [4.69, 9.17) is 0 Å². The maximum atomic E-state index is 12.3. The molecule has 1 amide bonds. The van der Waals surface area contributed by atoms with Crippen molar-refractivity contribution in [3.8, 4) is 0 Å². The molecule has 0 radical (unpaired) electrons. The SMILES string of the molecule is C[C@@H](NC(=O)[C@]1(C)CC1(Br)Br)[C@@H]1C[C@@H]2CC[C@@H]1C2. The molecule has 3 rings (SSSR count). The van der Waals surface area contributed by atoms with Crippen LogP contribution in [0.4, 0.5) is 0 Å². The second-order valence-corrected chi connectivity index (χ2v) is 10.6. The Hall–Kier alpha value is 0.430. The number of hydrogen-bond donors (Lipinski definition) is 1. The average Bonchev–Trinajstić information content (AvgIpc) is 2.74. The maximum absolute atomic E-state index is 12.3. The molecular weight excluding hydrogens is 358 g/mol. The van der Waals surface area contributed by atoms with Gasteiger partial charge in [-0.3, -0.25) is 4.79 Å². The highest BCUT2D eigenvalue weighted by molar-refractivity contribution is 9.25. The summed E-state index contributed by atoms with van der Waals surface area (Å²) in [6.07, 6.45) is 6.41. The molecule has 0 heterocycles. The predicted molar refractivity (Wildman–Crippen MR) is 79.9 cm³/mol. The summed E-state index contributed by atoms with van der Waals surface area (Å²) in [5, 5.41) is 3.27. The third-order valence-electron chi connectivity index (χ3n) is 5.55. The van der Waals surface area contributed by atoms with Crippen molar-refractivity contribution in [1.29, 1.82) is 0 Å². The fourth-order valence-electron chi connectivity index (χ4n) is 4.03. The van der Waals surface area contributed by atoms with Crippen LogP contribution >= 0.6 is 31.9 Å². The number of halogens is 2. The number of fused-ring (bicyclic) bond motifs is 2. The van der Waals surface area contributed by atoms with Crippen molar-refractivity contribution in [1.82, 2.24) is 5.32 Å². The third-order valence-corrected chi connectivity index (χ3v) is 7.86. The molecule has 5 atom stereocenters. The van der Waals surface area contributed by atoms with Crippen LogP contribution < -0.4 is 5.32 Å². The summed E-state index contributed by atoms with van der Waals surface area (Å²) in [4.78, 5) is 12.3. The largest absolute Gasteiger partial charge is 0.353 e. The van der Waals surface area contributed by atoms with Crippen molar-refractivity contribution >= 4 is 37.8 Å². The molecule has 1 N–H and O–H groups in total. The second kappa shape index (κ2) is 4.21. The van der Waals surface area contributed by atoms with Gasteiger partial charge >= 0.3 is 0 Å². The monoisotopic (exact) mass is 377 g/mol. The van der Waals surface area contributed by atoms with E-state index in [1.165, 1.54) is 25.7 Å². The van der Waals surface area contributed by atoms with Crippen LogP contribution in [0.1, 0.15) is 46.0 Å². The fraction of sp³-hybridized carbons (Fsp3) is 0.929. The summed E-state index contributed by atoms with van der Waals surface area (Å²) in [6, 6.07) is 0.334. The van der Waals surface area contributed by atoms with Crippen LogP contribution in [0.5, 0.6) is 0 Å². The van der Waals surface area contributed by atoms with E-state index in [1.54, 1.807) is 0 Å². The molecule has 3 saturated carbocycles. The van der Waals surface area contributed by atoms with Gasteiger partial charge in [-0.05, 0) is 57.3 Å². The molecule has 2 bridgehead atoms. The molecule has 0 spiro atoms. The Bertz CT molecular complexity index is 384. The number of carbonyl (C=O) groups is 1. The zero-order chi connectivity index (χ0) is 13.1. The highest BCUT2D eigenvalue weighted by Gasteiger charge is 2.66. The van der Waals surface area contributed by atoms with E-state index < -0.39 is 0 Å². The second-order valence-electron chi connectivity index (χ2n) is 6.81. The molecule has 0 aliphatic heterocycles. The van der Waals surface area contributed by atoms with Gasteiger partial charge in [0.15, 0.2) is 0 Å². The first-order chi connectivity index (χ1) is 8.33. The Morgan fingerprint density at radius 3 is 2.44 bits per heavy atom. The molecule has 0 aromatic heterocycles. The topological polar surface area (TPSA) is 29.1 Å². The summed E-state index contributed by atoms with van der Waals surface area (Å²) >= 11 is 7.14. The van der Waals surface area contributed by atoms with Crippen LogP contribution in [0.25, 0.3) is 0 Å². The minimum absolute atomic E-state index is 0.175. The number of hydrogen-bond acceptors (Lipinski definition) is 1. The van der Waals surface area contributed by atoms with Crippen LogP contribution in [0.3, 0.4) is 0 Å². The van der Waals surface area contributed by atoms with Gasteiger partial charge in [-0.2, -0.15) is 0 Å².